The van der Waals surface area contributed by atoms with Crippen LogP contribution in [0.15, 0.2) is 18.3 Å². The van der Waals surface area contributed by atoms with Crippen LogP contribution in [0.2, 0.25) is 5.15 Å². The first-order valence-corrected chi connectivity index (χ1v) is 5.12. The second kappa shape index (κ2) is 3.89. The molecule has 72 valence electrons. The van der Waals surface area contributed by atoms with E-state index in [1.807, 2.05) is 6.07 Å². The lowest BCUT2D eigenvalue weighted by molar-refractivity contribution is 1.00. The van der Waals surface area contributed by atoms with Crippen LogP contribution in [-0.2, 0) is 6.42 Å². The monoisotopic (exact) mass is 226 g/mol. The molecule has 0 saturated heterocycles. The highest BCUT2D eigenvalue weighted by molar-refractivity contribution is 7.15. The first-order chi connectivity index (χ1) is 6.74. The highest BCUT2D eigenvalue weighted by Crippen LogP contribution is 2.15. The van der Waals surface area contributed by atoms with Gasteiger partial charge in [-0.3, -0.25) is 0 Å². The van der Waals surface area contributed by atoms with Gasteiger partial charge < -0.3 is 5.73 Å². The Kier molecular flexibility index (Phi) is 2.60. The van der Waals surface area contributed by atoms with Crippen LogP contribution in [0, 0.1) is 0 Å². The minimum atomic E-state index is 0.488. The van der Waals surface area contributed by atoms with E-state index >= 15 is 0 Å². The predicted octanol–water partition coefficient (Wildman–Crippen LogP) is 1.76. The molecule has 14 heavy (non-hydrogen) atoms. The summed E-state index contributed by atoms with van der Waals surface area (Å²) in [5.41, 5.74) is 6.51. The van der Waals surface area contributed by atoms with Gasteiger partial charge in [0.1, 0.15) is 10.2 Å². The van der Waals surface area contributed by atoms with Gasteiger partial charge in [0.25, 0.3) is 0 Å². The van der Waals surface area contributed by atoms with Gasteiger partial charge in [-0.25, -0.2) is 4.98 Å². The Morgan fingerprint density at radius 1 is 1.36 bits per heavy atom. The number of hydrogen-bond donors (Lipinski definition) is 1. The topological polar surface area (TPSA) is 64.7 Å². The number of anilines is 1. The molecule has 0 aliphatic rings. The lowest BCUT2D eigenvalue weighted by atomic mass is 10.2. The van der Waals surface area contributed by atoms with Crippen molar-refractivity contribution in [2.75, 3.05) is 5.73 Å². The summed E-state index contributed by atoms with van der Waals surface area (Å²) in [4.78, 5) is 3.97. The molecule has 0 saturated carbocycles. The summed E-state index contributed by atoms with van der Waals surface area (Å²) in [6.07, 6.45) is 2.42. The van der Waals surface area contributed by atoms with Crippen molar-refractivity contribution in [2.45, 2.75) is 6.42 Å². The number of aromatic nitrogens is 3. The van der Waals surface area contributed by atoms with E-state index in [9.17, 15) is 0 Å². The summed E-state index contributed by atoms with van der Waals surface area (Å²) >= 11 is 7.04. The fraction of sp³-hybridized carbons (Fsp3) is 0.125. The van der Waals surface area contributed by atoms with Crippen LogP contribution >= 0.6 is 22.9 Å². The molecule has 0 aliphatic carbocycles. The SMILES string of the molecule is Nc1nnc(Cc2ccc(Cl)nc2)s1. The van der Waals surface area contributed by atoms with Gasteiger partial charge in [-0.2, -0.15) is 0 Å². The molecular weight excluding hydrogens is 220 g/mol. The van der Waals surface area contributed by atoms with Crippen molar-refractivity contribution in [2.24, 2.45) is 0 Å². The molecule has 0 spiro atoms. The quantitative estimate of drug-likeness (QED) is 0.793. The van der Waals surface area contributed by atoms with E-state index in [1.54, 1.807) is 12.3 Å². The molecule has 2 rings (SSSR count). The van der Waals surface area contributed by atoms with Gasteiger partial charge >= 0.3 is 0 Å². The van der Waals surface area contributed by atoms with Gasteiger partial charge in [0.05, 0.1) is 0 Å². The number of hydrogen-bond acceptors (Lipinski definition) is 5. The molecule has 0 fully saturated rings. The minimum Gasteiger partial charge on any atom is -0.374 e. The van der Waals surface area contributed by atoms with E-state index in [1.165, 1.54) is 11.3 Å². The summed E-state index contributed by atoms with van der Waals surface area (Å²) in [6.45, 7) is 0. The molecule has 0 bridgehead atoms. The Labute approximate surface area is 89.8 Å². The Balaban J connectivity index is 2.15. The molecular formula is C8H7ClN4S. The first kappa shape index (κ1) is 9.36. The van der Waals surface area contributed by atoms with E-state index in [-0.39, 0.29) is 0 Å². The molecule has 0 atom stereocenters. The molecule has 0 unspecified atom stereocenters. The fourth-order valence-corrected chi connectivity index (χ4v) is 1.78. The molecule has 0 amide bonds. The van der Waals surface area contributed by atoms with Crippen LogP contribution in [0.4, 0.5) is 5.13 Å². The summed E-state index contributed by atoms with van der Waals surface area (Å²) in [5, 5.41) is 9.51. The van der Waals surface area contributed by atoms with Crippen molar-refractivity contribution >= 4 is 28.1 Å². The van der Waals surface area contributed by atoms with E-state index < -0.39 is 0 Å². The van der Waals surface area contributed by atoms with Crippen molar-refractivity contribution in [3.05, 3.63) is 34.1 Å². The number of rotatable bonds is 2. The van der Waals surface area contributed by atoms with E-state index in [0.29, 0.717) is 16.7 Å². The second-order valence-corrected chi connectivity index (χ2v) is 4.18. The summed E-state index contributed by atoms with van der Waals surface area (Å²) < 4.78 is 0. The maximum Gasteiger partial charge on any atom is 0.203 e. The second-order valence-electron chi connectivity index (χ2n) is 2.70. The van der Waals surface area contributed by atoms with Crippen LogP contribution in [-0.4, -0.2) is 15.2 Å². The average Bonchev–Trinajstić information content (AvgIpc) is 2.56. The van der Waals surface area contributed by atoms with Gasteiger partial charge in [-0.1, -0.05) is 29.0 Å². The van der Waals surface area contributed by atoms with Crippen molar-refractivity contribution in [1.29, 1.82) is 0 Å². The molecule has 0 radical (unpaired) electrons. The maximum atomic E-state index is 5.66. The number of nitrogens with zero attached hydrogens (tertiary/aromatic N) is 3. The Hall–Kier alpha value is -1.20. The van der Waals surface area contributed by atoms with Gasteiger partial charge in [-0.15, -0.1) is 10.2 Å². The summed E-state index contributed by atoms with van der Waals surface area (Å²) in [6, 6.07) is 3.66. The third-order valence-corrected chi connectivity index (χ3v) is 2.60. The van der Waals surface area contributed by atoms with E-state index in [2.05, 4.69) is 15.2 Å². The van der Waals surface area contributed by atoms with Crippen molar-refractivity contribution < 1.29 is 0 Å². The van der Waals surface area contributed by atoms with Gasteiger partial charge in [0.15, 0.2) is 0 Å². The van der Waals surface area contributed by atoms with Crippen molar-refractivity contribution in [1.82, 2.24) is 15.2 Å². The predicted molar refractivity (Wildman–Crippen MR) is 56.4 cm³/mol. The van der Waals surface area contributed by atoms with Crippen LogP contribution in [0.3, 0.4) is 0 Å². The fourth-order valence-electron chi connectivity index (χ4n) is 1.02. The van der Waals surface area contributed by atoms with Gasteiger partial charge in [0.2, 0.25) is 5.13 Å². The third kappa shape index (κ3) is 2.18. The Morgan fingerprint density at radius 2 is 2.21 bits per heavy atom. The molecule has 6 heteroatoms. The van der Waals surface area contributed by atoms with Crippen LogP contribution < -0.4 is 5.73 Å². The zero-order chi connectivity index (χ0) is 9.97. The highest BCUT2D eigenvalue weighted by atomic mass is 35.5. The Morgan fingerprint density at radius 3 is 2.79 bits per heavy atom. The van der Waals surface area contributed by atoms with E-state index in [4.69, 9.17) is 17.3 Å². The van der Waals surface area contributed by atoms with Crippen LogP contribution in [0.1, 0.15) is 10.6 Å². The smallest absolute Gasteiger partial charge is 0.203 e. The first-order valence-electron chi connectivity index (χ1n) is 3.92. The van der Waals surface area contributed by atoms with Gasteiger partial charge in [0, 0.05) is 12.6 Å². The third-order valence-electron chi connectivity index (χ3n) is 1.63. The maximum absolute atomic E-state index is 5.66. The number of pyridine rings is 1. The summed E-state index contributed by atoms with van der Waals surface area (Å²) in [5.74, 6) is 0. The lowest BCUT2D eigenvalue weighted by Crippen LogP contribution is -1.88. The number of halogens is 1. The molecule has 0 aliphatic heterocycles. The standard InChI is InChI=1S/C8H7ClN4S/c9-6-2-1-5(4-11-6)3-7-12-13-8(10)14-7/h1-2,4H,3H2,(H2,10,13). The largest absolute Gasteiger partial charge is 0.374 e. The summed E-state index contributed by atoms with van der Waals surface area (Å²) in [7, 11) is 0. The Bertz CT molecular complexity index is 425. The molecule has 2 aromatic heterocycles. The number of nitrogen functional groups attached to an aromatic ring is 1. The van der Waals surface area contributed by atoms with Crippen molar-refractivity contribution in [3.63, 3.8) is 0 Å². The van der Waals surface area contributed by atoms with Crippen LogP contribution in [0.25, 0.3) is 0 Å². The van der Waals surface area contributed by atoms with Crippen LogP contribution in [0.5, 0.6) is 0 Å². The molecule has 4 nitrogen and oxygen atoms in total. The minimum absolute atomic E-state index is 0.488. The average molecular weight is 227 g/mol. The zero-order valence-corrected chi connectivity index (χ0v) is 8.72. The number of nitrogens with two attached hydrogens (primary N) is 1. The van der Waals surface area contributed by atoms with Gasteiger partial charge in [-0.05, 0) is 11.6 Å². The zero-order valence-electron chi connectivity index (χ0n) is 7.14. The highest BCUT2D eigenvalue weighted by Gasteiger charge is 2.02. The molecule has 2 aromatic rings. The normalized spacial score (nSPS) is 10.4. The molecule has 0 aromatic carbocycles. The molecule has 2 heterocycles. The van der Waals surface area contributed by atoms with Crippen molar-refractivity contribution in [3.8, 4) is 0 Å². The lowest BCUT2D eigenvalue weighted by Gasteiger charge is -1.95. The molecule has 2 N–H and O–H groups in total. The van der Waals surface area contributed by atoms with E-state index in [0.717, 1.165) is 10.6 Å².